The summed E-state index contributed by atoms with van der Waals surface area (Å²) < 4.78 is 40.1. The zero-order valence-corrected chi connectivity index (χ0v) is 7.95. The second-order valence-corrected chi connectivity index (χ2v) is 3.10. The number of rotatable bonds is 1. The summed E-state index contributed by atoms with van der Waals surface area (Å²) in [5.41, 5.74) is 6.07. The summed E-state index contributed by atoms with van der Waals surface area (Å²) in [6.45, 7) is 0. The van der Waals surface area contributed by atoms with Crippen molar-refractivity contribution >= 4 is 16.6 Å². The molecule has 1 heterocycles. The van der Waals surface area contributed by atoms with E-state index in [0.29, 0.717) is 11.1 Å². The van der Waals surface area contributed by atoms with Gasteiger partial charge in [-0.25, -0.2) is 0 Å². The van der Waals surface area contributed by atoms with Crippen molar-refractivity contribution in [3.05, 3.63) is 30.5 Å². The van der Waals surface area contributed by atoms with E-state index in [1.165, 1.54) is 12.3 Å². The highest BCUT2D eigenvalue weighted by atomic mass is 19.4. The van der Waals surface area contributed by atoms with E-state index in [4.69, 9.17) is 5.73 Å². The molecule has 2 aromatic rings. The molecule has 0 unspecified atom stereocenters. The van der Waals surface area contributed by atoms with Gasteiger partial charge in [0.05, 0.1) is 0 Å². The molecule has 3 nitrogen and oxygen atoms in total. The molecule has 6 heteroatoms. The average molecular weight is 228 g/mol. The Kier molecular flexibility index (Phi) is 2.34. The smallest absolute Gasteiger partial charge is 0.403 e. The van der Waals surface area contributed by atoms with Crippen LogP contribution < -0.4 is 10.5 Å². The Balaban J connectivity index is 2.59. The minimum atomic E-state index is -4.74. The van der Waals surface area contributed by atoms with Gasteiger partial charge in [-0.15, -0.1) is 13.2 Å². The maximum Gasteiger partial charge on any atom is 0.573 e. The number of hydrogen-bond acceptors (Lipinski definition) is 3. The van der Waals surface area contributed by atoms with Crippen molar-refractivity contribution < 1.29 is 17.9 Å². The maximum atomic E-state index is 12.1. The number of nitrogens with zero attached hydrogens (tertiary/aromatic N) is 1. The zero-order valence-electron chi connectivity index (χ0n) is 7.95. The third-order valence-corrected chi connectivity index (χ3v) is 1.99. The van der Waals surface area contributed by atoms with E-state index < -0.39 is 6.36 Å². The minimum absolute atomic E-state index is 0.0971. The van der Waals surface area contributed by atoms with Gasteiger partial charge >= 0.3 is 6.36 Å². The van der Waals surface area contributed by atoms with Crippen molar-refractivity contribution in [2.24, 2.45) is 0 Å². The average Bonchev–Trinajstić information content (AvgIpc) is 2.21. The quantitative estimate of drug-likeness (QED) is 0.763. The summed E-state index contributed by atoms with van der Waals surface area (Å²) in [6.07, 6.45) is -3.36. The zero-order chi connectivity index (χ0) is 11.8. The Morgan fingerprint density at radius 1 is 1.19 bits per heavy atom. The molecule has 1 aromatic carbocycles. The Morgan fingerprint density at radius 2 is 1.94 bits per heavy atom. The van der Waals surface area contributed by atoms with E-state index in [9.17, 15) is 13.2 Å². The van der Waals surface area contributed by atoms with Gasteiger partial charge in [0.1, 0.15) is 5.52 Å². The molecule has 0 saturated carbocycles. The van der Waals surface area contributed by atoms with Crippen molar-refractivity contribution in [1.82, 2.24) is 4.98 Å². The minimum Gasteiger partial charge on any atom is -0.403 e. The van der Waals surface area contributed by atoms with E-state index >= 15 is 0 Å². The molecule has 0 atom stereocenters. The molecule has 0 fully saturated rings. The highest BCUT2D eigenvalue weighted by Crippen LogP contribution is 2.31. The second-order valence-electron chi connectivity index (χ2n) is 3.10. The van der Waals surface area contributed by atoms with E-state index in [2.05, 4.69) is 9.72 Å². The van der Waals surface area contributed by atoms with Crippen LogP contribution in [0.25, 0.3) is 10.9 Å². The molecule has 0 aliphatic rings. The van der Waals surface area contributed by atoms with Gasteiger partial charge in [-0.1, -0.05) is 0 Å². The summed E-state index contributed by atoms with van der Waals surface area (Å²) in [5.74, 6) is -0.350. The molecule has 1 aromatic heterocycles. The largest absolute Gasteiger partial charge is 0.573 e. The topological polar surface area (TPSA) is 48.1 Å². The second kappa shape index (κ2) is 3.55. The number of halogens is 3. The predicted molar refractivity (Wildman–Crippen MR) is 52.8 cm³/mol. The molecule has 0 amide bonds. The van der Waals surface area contributed by atoms with Crippen LogP contribution in [0.3, 0.4) is 0 Å². The van der Waals surface area contributed by atoms with Crippen LogP contribution in [0, 0.1) is 0 Å². The fourth-order valence-corrected chi connectivity index (χ4v) is 1.38. The van der Waals surface area contributed by atoms with Gasteiger partial charge in [-0.05, 0) is 24.3 Å². The highest BCUT2D eigenvalue weighted by molar-refractivity contribution is 5.94. The first kappa shape index (κ1) is 10.5. The molecule has 2 N–H and O–H groups in total. The van der Waals surface area contributed by atoms with E-state index in [0.717, 1.165) is 6.07 Å². The molecular weight excluding hydrogens is 221 g/mol. The lowest BCUT2D eigenvalue weighted by Crippen LogP contribution is -2.17. The van der Waals surface area contributed by atoms with Crippen LogP contribution in [-0.2, 0) is 0 Å². The van der Waals surface area contributed by atoms with Crippen LogP contribution in [0.5, 0.6) is 5.75 Å². The molecule has 0 saturated heterocycles. The van der Waals surface area contributed by atoms with E-state index in [1.807, 2.05) is 0 Å². The molecule has 0 spiro atoms. The number of fused-ring (bicyclic) bond motifs is 1. The van der Waals surface area contributed by atoms with Crippen LogP contribution in [0.1, 0.15) is 0 Å². The lowest BCUT2D eigenvalue weighted by Gasteiger charge is -2.11. The number of nitrogens with two attached hydrogens (primary N) is 1. The predicted octanol–water partition coefficient (Wildman–Crippen LogP) is 2.72. The lowest BCUT2D eigenvalue weighted by atomic mass is 10.2. The van der Waals surface area contributed by atoms with Crippen LogP contribution in [-0.4, -0.2) is 11.3 Å². The van der Waals surface area contributed by atoms with Crippen molar-refractivity contribution in [3.63, 3.8) is 0 Å². The molecular formula is C10H7F3N2O. The first-order valence-electron chi connectivity index (χ1n) is 4.36. The Hall–Kier alpha value is -1.98. The molecule has 0 aliphatic carbocycles. The summed E-state index contributed by atoms with van der Waals surface area (Å²) in [6, 6.07) is 5.68. The Bertz CT molecular complexity index is 525. The van der Waals surface area contributed by atoms with Gasteiger partial charge in [0.25, 0.3) is 0 Å². The van der Waals surface area contributed by atoms with Gasteiger partial charge < -0.3 is 10.5 Å². The number of benzene rings is 1. The number of aromatic nitrogens is 1. The summed E-state index contributed by atoms with van der Waals surface area (Å²) in [5, 5.41) is 0.434. The summed E-state index contributed by atoms with van der Waals surface area (Å²) >= 11 is 0. The third kappa shape index (κ3) is 2.00. The van der Waals surface area contributed by atoms with Crippen molar-refractivity contribution in [3.8, 4) is 5.75 Å². The molecule has 0 bridgehead atoms. The van der Waals surface area contributed by atoms with Gasteiger partial charge in [-0.3, -0.25) is 4.98 Å². The lowest BCUT2D eigenvalue weighted by molar-refractivity contribution is -0.274. The monoisotopic (exact) mass is 228 g/mol. The number of alkyl halides is 3. The highest BCUT2D eigenvalue weighted by Gasteiger charge is 2.32. The molecule has 84 valence electrons. The van der Waals surface area contributed by atoms with Gasteiger partial charge in [0.2, 0.25) is 0 Å². The molecule has 0 aliphatic heterocycles. The fraction of sp³-hybridized carbons (Fsp3) is 0.100. The standard InChI is InChI=1S/C10H7F3N2O/c11-10(12,13)16-8-4-3-7(14)6-2-1-5-15-9(6)8/h1-5H,14H2. The van der Waals surface area contributed by atoms with Crippen molar-refractivity contribution in [1.29, 1.82) is 0 Å². The summed E-state index contributed by atoms with van der Waals surface area (Å²) in [4.78, 5) is 3.82. The third-order valence-electron chi connectivity index (χ3n) is 1.99. The fourth-order valence-electron chi connectivity index (χ4n) is 1.38. The Morgan fingerprint density at radius 3 is 2.62 bits per heavy atom. The van der Waals surface area contributed by atoms with Crippen molar-refractivity contribution in [2.45, 2.75) is 6.36 Å². The molecule has 0 radical (unpaired) electrons. The Labute approximate surface area is 88.6 Å². The maximum absolute atomic E-state index is 12.1. The first-order chi connectivity index (χ1) is 7.47. The summed E-state index contributed by atoms with van der Waals surface area (Å²) in [7, 11) is 0. The molecule has 2 rings (SSSR count). The van der Waals surface area contributed by atoms with Crippen LogP contribution in [0.2, 0.25) is 0 Å². The van der Waals surface area contributed by atoms with Crippen LogP contribution in [0.15, 0.2) is 30.5 Å². The number of hydrogen-bond donors (Lipinski definition) is 1. The number of nitrogen functional groups attached to an aromatic ring is 1. The van der Waals surface area contributed by atoms with Crippen LogP contribution in [0.4, 0.5) is 18.9 Å². The van der Waals surface area contributed by atoms with Crippen molar-refractivity contribution in [2.75, 3.05) is 5.73 Å². The first-order valence-corrected chi connectivity index (χ1v) is 4.36. The molecule has 16 heavy (non-hydrogen) atoms. The SMILES string of the molecule is Nc1ccc(OC(F)(F)F)c2ncccc12. The van der Waals surface area contributed by atoms with E-state index in [-0.39, 0.29) is 11.3 Å². The van der Waals surface area contributed by atoms with E-state index in [1.54, 1.807) is 12.1 Å². The number of anilines is 1. The number of ether oxygens (including phenoxy) is 1. The normalized spacial score (nSPS) is 11.7. The number of pyridine rings is 1. The van der Waals surface area contributed by atoms with Crippen LogP contribution >= 0.6 is 0 Å². The van der Waals surface area contributed by atoms with Gasteiger partial charge in [-0.2, -0.15) is 0 Å². The van der Waals surface area contributed by atoms with Gasteiger partial charge in [0, 0.05) is 17.3 Å². The van der Waals surface area contributed by atoms with Gasteiger partial charge in [0.15, 0.2) is 5.75 Å².